The van der Waals surface area contributed by atoms with E-state index in [9.17, 15) is 9.59 Å². The van der Waals surface area contributed by atoms with E-state index in [1.807, 2.05) is 0 Å². The van der Waals surface area contributed by atoms with E-state index in [0.29, 0.717) is 12.5 Å². The molecule has 5 heteroatoms. The van der Waals surface area contributed by atoms with Gasteiger partial charge in [0.15, 0.2) is 0 Å². The van der Waals surface area contributed by atoms with Gasteiger partial charge in [0.05, 0.1) is 6.54 Å². The molecule has 17 heavy (non-hydrogen) atoms. The van der Waals surface area contributed by atoms with Crippen LogP contribution in [-0.2, 0) is 9.59 Å². The first-order chi connectivity index (χ1) is 8.13. The second-order valence-corrected chi connectivity index (χ2v) is 5.24. The van der Waals surface area contributed by atoms with E-state index in [1.54, 1.807) is 0 Å². The van der Waals surface area contributed by atoms with E-state index in [2.05, 4.69) is 10.2 Å². The van der Waals surface area contributed by atoms with Crippen LogP contribution in [0.5, 0.6) is 0 Å². The Morgan fingerprint density at radius 1 is 1.24 bits per heavy atom. The third-order valence-electron chi connectivity index (χ3n) is 3.49. The van der Waals surface area contributed by atoms with Crippen LogP contribution in [0.4, 0.5) is 0 Å². The maximum Gasteiger partial charge on any atom is 0.303 e. The largest absolute Gasteiger partial charge is 0.481 e. The molecule has 1 heterocycles. The summed E-state index contributed by atoms with van der Waals surface area (Å²) in [5.74, 6) is 0.254. The van der Waals surface area contributed by atoms with E-state index >= 15 is 0 Å². The summed E-state index contributed by atoms with van der Waals surface area (Å²) in [6.07, 6.45) is 3.59. The van der Waals surface area contributed by atoms with Gasteiger partial charge in [0.1, 0.15) is 0 Å². The van der Waals surface area contributed by atoms with Gasteiger partial charge in [-0.15, -0.1) is 0 Å². The van der Waals surface area contributed by atoms with Crippen LogP contribution in [0.25, 0.3) is 0 Å². The van der Waals surface area contributed by atoms with Crippen molar-refractivity contribution in [3.8, 4) is 0 Å². The second kappa shape index (κ2) is 5.49. The summed E-state index contributed by atoms with van der Waals surface area (Å²) < 4.78 is 0. The number of carbonyl (C=O) groups is 2. The normalized spacial score (nSPS) is 24.8. The van der Waals surface area contributed by atoms with Crippen molar-refractivity contribution in [2.24, 2.45) is 11.8 Å². The Labute approximate surface area is 101 Å². The molecule has 1 aliphatic heterocycles. The molecule has 0 aromatic rings. The molecule has 1 atom stereocenters. The summed E-state index contributed by atoms with van der Waals surface area (Å²) in [6, 6.07) is 0. The maximum absolute atomic E-state index is 11.6. The number of nitrogens with zero attached hydrogens (tertiary/aromatic N) is 1. The maximum atomic E-state index is 11.6. The van der Waals surface area contributed by atoms with Crippen LogP contribution in [0.1, 0.15) is 25.7 Å². The summed E-state index contributed by atoms with van der Waals surface area (Å²) in [5.41, 5.74) is 0. The van der Waals surface area contributed by atoms with Crippen molar-refractivity contribution in [3.05, 3.63) is 0 Å². The molecule has 96 valence electrons. The number of hydrogen-bond acceptors (Lipinski definition) is 3. The van der Waals surface area contributed by atoms with Crippen LogP contribution in [0.2, 0.25) is 0 Å². The third-order valence-corrected chi connectivity index (χ3v) is 3.49. The number of nitrogens with one attached hydrogen (secondary N) is 1. The Bertz CT molecular complexity index is 302. The van der Waals surface area contributed by atoms with Crippen molar-refractivity contribution in [1.29, 1.82) is 0 Å². The number of carbonyl (C=O) groups excluding carboxylic acids is 1. The summed E-state index contributed by atoms with van der Waals surface area (Å²) in [4.78, 5) is 24.2. The molecule has 0 bridgehead atoms. The molecule has 1 saturated carbocycles. The molecule has 1 unspecified atom stereocenters. The fourth-order valence-electron chi connectivity index (χ4n) is 2.31. The average molecular weight is 240 g/mol. The SMILES string of the molecule is O=C(O)CC1CCN(CC(=O)NCC2CC2)C1. The van der Waals surface area contributed by atoms with Crippen molar-refractivity contribution in [1.82, 2.24) is 10.2 Å². The van der Waals surface area contributed by atoms with Gasteiger partial charge in [-0.3, -0.25) is 14.5 Å². The number of rotatable bonds is 6. The quantitative estimate of drug-likeness (QED) is 0.701. The van der Waals surface area contributed by atoms with Gasteiger partial charge in [-0.2, -0.15) is 0 Å². The van der Waals surface area contributed by atoms with Crippen LogP contribution in [0.15, 0.2) is 0 Å². The first-order valence-corrected chi connectivity index (χ1v) is 6.34. The van der Waals surface area contributed by atoms with Crippen LogP contribution in [-0.4, -0.2) is 48.1 Å². The summed E-state index contributed by atoms with van der Waals surface area (Å²) in [7, 11) is 0. The molecule has 1 saturated heterocycles. The molecule has 1 aliphatic carbocycles. The number of hydrogen-bond donors (Lipinski definition) is 2. The standard InChI is InChI=1S/C12H20N2O3/c15-11(13-6-9-1-2-9)8-14-4-3-10(7-14)5-12(16)17/h9-10H,1-8H2,(H,13,15)(H,16,17). The zero-order valence-electron chi connectivity index (χ0n) is 10.0. The van der Waals surface area contributed by atoms with Gasteiger partial charge in [0.2, 0.25) is 5.91 Å². The van der Waals surface area contributed by atoms with Gasteiger partial charge in [-0.05, 0) is 37.6 Å². The number of amides is 1. The lowest BCUT2D eigenvalue weighted by Gasteiger charge is -2.15. The highest BCUT2D eigenvalue weighted by Gasteiger charge is 2.26. The van der Waals surface area contributed by atoms with Crippen molar-refractivity contribution in [2.45, 2.75) is 25.7 Å². The van der Waals surface area contributed by atoms with Crippen molar-refractivity contribution in [3.63, 3.8) is 0 Å². The zero-order chi connectivity index (χ0) is 12.3. The highest BCUT2D eigenvalue weighted by molar-refractivity contribution is 5.78. The minimum atomic E-state index is -0.741. The highest BCUT2D eigenvalue weighted by Crippen LogP contribution is 2.27. The minimum absolute atomic E-state index is 0.0767. The smallest absolute Gasteiger partial charge is 0.303 e. The molecule has 0 aromatic heterocycles. The van der Waals surface area contributed by atoms with E-state index in [1.165, 1.54) is 12.8 Å². The minimum Gasteiger partial charge on any atom is -0.481 e. The molecule has 2 fully saturated rings. The highest BCUT2D eigenvalue weighted by atomic mass is 16.4. The van der Waals surface area contributed by atoms with Gasteiger partial charge in [-0.25, -0.2) is 0 Å². The lowest BCUT2D eigenvalue weighted by Crippen LogP contribution is -2.37. The van der Waals surface area contributed by atoms with Gasteiger partial charge >= 0.3 is 5.97 Å². The Morgan fingerprint density at radius 2 is 2.00 bits per heavy atom. The molecule has 2 rings (SSSR count). The fraction of sp³-hybridized carbons (Fsp3) is 0.833. The van der Waals surface area contributed by atoms with Crippen molar-refractivity contribution in [2.75, 3.05) is 26.2 Å². The lowest BCUT2D eigenvalue weighted by molar-refractivity contribution is -0.138. The van der Waals surface area contributed by atoms with Crippen LogP contribution < -0.4 is 5.32 Å². The Morgan fingerprint density at radius 3 is 2.65 bits per heavy atom. The molecule has 5 nitrogen and oxygen atoms in total. The summed E-state index contributed by atoms with van der Waals surface area (Å²) in [6.45, 7) is 2.81. The molecular formula is C12H20N2O3. The van der Waals surface area contributed by atoms with Crippen LogP contribution >= 0.6 is 0 Å². The predicted molar refractivity (Wildman–Crippen MR) is 62.5 cm³/mol. The lowest BCUT2D eigenvalue weighted by atomic mass is 10.1. The van der Waals surface area contributed by atoms with Gasteiger partial charge in [0, 0.05) is 19.5 Å². The molecule has 1 amide bonds. The van der Waals surface area contributed by atoms with Crippen LogP contribution in [0.3, 0.4) is 0 Å². The first-order valence-electron chi connectivity index (χ1n) is 6.34. The average Bonchev–Trinajstić information content (AvgIpc) is 2.98. The zero-order valence-corrected chi connectivity index (χ0v) is 10.0. The topological polar surface area (TPSA) is 69.6 Å². The summed E-state index contributed by atoms with van der Waals surface area (Å²) in [5, 5.41) is 11.6. The van der Waals surface area contributed by atoms with Crippen LogP contribution in [0, 0.1) is 11.8 Å². The molecule has 2 aliphatic rings. The molecule has 0 radical (unpaired) electrons. The predicted octanol–water partition coefficient (Wildman–Crippen LogP) is 0.309. The molecule has 2 N–H and O–H groups in total. The summed E-state index contributed by atoms with van der Waals surface area (Å²) >= 11 is 0. The van der Waals surface area contributed by atoms with Gasteiger partial charge in [0.25, 0.3) is 0 Å². The van der Waals surface area contributed by atoms with Crippen molar-refractivity contribution >= 4 is 11.9 Å². The van der Waals surface area contributed by atoms with E-state index in [-0.39, 0.29) is 18.2 Å². The first kappa shape index (κ1) is 12.4. The van der Waals surface area contributed by atoms with Crippen molar-refractivity contribution < 1.29 is 14.7 Å². The Kier molecular flexibility index (Phi) is 3.99. The number of carboxylic acid groups (broad SMARTS) is 1. The van der Waals surface area contributed by atoms with E-state index < -0.39 is 5.97 Å². The number of carboxylic acids is 1. The van der Waals surface area contributed by atoms with E-state index in [4.69, 9.17) is 5.11 Å². The van der Waals surface area contributed by atoms with E-state index in [0.717, 1.165) is 26.1 Å². The number of aliphatic carboxylic acids is 1. The fourth-order valence-corrected chi connectivity index (χ4v) is 2.31. The van der Waals surface area contributed by atoms with Gasteiger partial charge in [-0.1, -0.05) is 0 Å². The van der Waals surface area contributed by atoms with Gasteiger partial charge < -0.3 is 10.4 Å². The molecule has 0 aromatic carbocycles. The second-order valence-electron chi connectivity index (χ2n) is 5.24. The Hall–Kier alpha value is -1.10. The number of likely N-dealkylation sites (tertiary alicyclic amines) is 1. The molecular weight excluding hydrogens is 220 g/mol. The Balaban J connectivity index is 1.62. The monoisotopic (exact) mass is 240 g/mol. The molecule has 0 spiro atoms. The third kappa shape index (κ3) is 4.34.